The largest absolute Gasteiger partial charge is 0.381 e. The van der Waals surface area contributed by atoms with Crippen molar-refractivity contribution < 1.29 is 14.3 Å². The van der Waals surface area contributed by atoms with Crippen molar-refractivity contribution in [2.75, 3.05) is 31.6 Å². The van der Waals surface area contributed by atoms with E-state index < -0.39 is 5.54 Å². The van der Waals surface area contributed by atoms with Crippen molar-refractivity contribution in [1.29, 1.82) is 0 Å². The SMILES string of the molecule is NC1(C(=O)N2CCC(C3C(=O)Nc4cc(Cl)ccc43)CC2)CCOCC1. The van der Waals surface area contributed by atoms with Gasteiger partial charge in [-0.3, -0.25) is 9.59 Å². The van der Waals surface area contributed by atoms with E-state index in [0.29, 0.717) is 44.2 Å². The minimum atomic E-state index is -0.792. The summed E-state index contributed by atoms with van der Waals surface area (Å²) in [4.78, 5) is 27.2. The van der Waals surface area contributed by atoms with Gasteiger partial charge in [0.1, 0.15) is 0 Å². The van der Waals surface area contributed by atoms with Gasteiger partial charge in [-0.2, -0.15) is 0 Å². The molecule has 2 saturated heterocycles. The Hall–Kier alpha value is -1.63. The molecule has 140 valence electrons. The van der Waals surface area contributed by atoms with Crippen LogP contribution in [-0.4, -0.2) is 48.6 Å². The zero-order chi connectivity index (χ0) is 18.3. The Balaban J connectivity index is 1.43. The topological polar surface area (TPSA) is 84.7 Å². The molecule has 3 heterocycles. The molecule has 2 amide bonds. The van der Waals surface area contributed by atoms with Gasteiger partial charge in [-0.05, 0) is 49.3 Å². The number of rotatable bonds is 2. The first-order chi connectivity index (χ1) is 12.5. The number of amides is 2. The smallest absolute Gasteiger partial charge is 0.242 e. The molecular weight excluding hydrogens is 354 g/mol. The van der Waals surface area contributed by atoms with E-state index in [2.05, 4.69) is 5.32 Å². The Morgan fingerprint density at radius 3 is 2.65 bits per heavy atom. The molecule has 0 saturated carbocycles. The first kappa shape index (κ1) is 17.8. The van der Waals surface area contributed by atoms with Crippen LogP contribution in [0.25, 0.3) is 0 Å². The molecule has 2 fully saturated rings. The lowest BCUT2D eigenvalue weighted by Gasteiger charge is -2.40. The van der Waals surface area contributed by atoms with Gasteiger partial charge in [0.05, 0.1) is 11.5 Å². The molecule has 3 aliphatic rings. The average Bonchev–Trinajstić information content (AvgIpc) is 2.96. The number of nitrogens with one attached hydrogen (secondary N) is 1. The predicted octanol–water partition coefficient (Wildman–Crippen LogP) is 2.12. The van der Waals surface area contributed by atoms with Gasteiger partial charge < -0.3 is 20.7 Å². The Bertz CT molecular complexity index is 725. The fraction of sp³-hybridized carbons (Fsp3) is 0.579. The second-order valence-electron chi connectivity index (χ2n) is 7.60. The molecule has 26 heavy (non-hydrogen) atoms. The van der Waals surface area contributed by atoms with Crippen molar-refractivity contribution in [2.24, 2.45) is 11.7 Å². The van der Waals surface area contributed by atoms with E-state index in [4.69, 9.17) is 22.1 Å². The number of nitrogens with two attached hydrogens (primary N) is 1. The van der Waals surface area contributed by atoms with E-state index in [1.54, 1.807) is 6.07 Å². The van der Waals surface area contributed by atoms with Gasteiger partial charge in [0.15, 0.2) is 0 Å². The summed E-state index contributed by atoms with van der Waals surface area (Å²) in [6.07, 6.45) is 2.76. The number of carbonyl (C=O) groups excluding carboxylic acids is 2. The molecule has 1 unspecified atom stereocenters. The number of ether oxygens (including phenoxy) is 1. The summed E-state index contributed by atoms with van der Waals surface area (Å²) in [7, 11) is 0. The monoisotopic (exact) mass is 377 g/mol. The molecule has 1 aromatic rings. The van der Waals surface area contributed by atoms with Gasteiger partial charge in [-0.15, -0.1) is 0 Å². The number of likely N-dealkylation sites (tertiary alicyclic amines) is 1. The van der Waals surface area contributed by atoms with Crippen LogP contribution in [-0.2, 0) is 14.3 Å². The number of nitrogens with zero attached hydrogens (tertiary/aromatic N) is 1. The van der Waals surface area contributed by atoms with Crippen molar-refractivity contribution in [3.8, 4) is 0 Å². The second kappa shape index (κ2) is 6.83. The minimum absolute atomic E-state index is 0.0299. The van der Waals surface area contributed by atoms with E-state index in [-0.39, 0.29) is 23.7 Å². The molecule has 4 rings (SSSR count). The van der Waals surface area contributed by atoms with Crippen molar-refractivity contribution in [2.45, 2.75) is 37.1 Å². The summed E-state index contributed by atoms with van der Waals surface area (Å²) in [6.45, 7) is 2.38. The molecule has 0 radical (unpaired) electrons. The Kier molecular flexibility index (Phi) is 4.67. The third-order valence-corrected chi connectivity index (χ3v) is 6.24. The van der Waals surface area contributed by atoms with Gasteiger partial charge >= 0.3 is 0 Å². The fourth-order valence-corrected chi connectivity index (χ4v) is 4.60. The van der Waals surface area contributed by atoms with Gasteiger partial charge in [-0.1, -0.05) is 17.7 Å². The maximum absolute atomic E-state index is 12.9. The standard InChI is InChI=1S/C19H24ClN3O3/c20-13-1-2-14-15(11-13)22-17(24)16(14)12-3-7-23(8-4-12)18(25)19(21)5-9-26-10-6-19/h1-2,11-12,16H,3-10,21H2,(H,22,24). The number of halogens is 1. The number of hydrogen-bond donors (Lipinski definition) is 2. The number of piperidine rings is 1. The fourth-order valence-electron chi connectivity index (χ4n) is 4.43. The first-order valence-electron chi connectivity index (χ1n) is 9.24. The minimum Gasteiger partial charge on any atom is -0.381 e. The Morgan fingerprint density at radius 2 is 1.96 bits per heavy atom. The lowest BCUT2D eigenvalue weighted by atomic mass is 9.80. The van der Waals surface area contributed by atoms with Crippen LogP contribution in [0.4, 0.5) is 5.69 Å². The van der Waals surface area contributed by atoms with Crippen LogP contribution in [0.5, 0.6) is 0 Å². The quantitative estimate of drug-likeness (QED) is 0.826. The molecule has 0 aromatic heterocycles. The molecule has 0 bridgehead atoms. The summed E-state index contributed by atoms with van der Waals surface area (Å²) in [5, 5.41) is 3.56. The highest BCUT2D eigenvalue weighted by Gasteiger charge is 2.43. The molecule has 0 aliphatic carbocycles. The van der Waals surface area contributed by atoms with Gasteiger partial charge in [-0.25, -0.2) is 0 Å². The van der Waals surface area contributed by atoms with Crippen molar-refractivity contribution >= 4 is 29.1 Å². The molecule has 1 aromatic carbocycles. The number of anilines is 1. The number of carbonyl (C=O) groups is 2. The van der Waals surface area contributed by atoms with E-state index in [9.17, 15) is 9.59 Å². The second-order valence-corrected chi connectivity index (χ2v) is 8.03. The van der Waals surface area contributed by atoms with Crippen LogP contribution in [0.15, 0.2) is 18.2 Å². The third kappa shape index (κ3) is 3.10. The van der Waals surface area contributed by atoms with Crippen LogP contribution < -0.4 is 11.1 Å². The Morgan fingerprint density at radius 1 is 1.27 bits per heavy atom. The zero-order valence-electron chi connectivity index (χ0n) is 14.7. The Labute approximate surface area is 158 Å². The molecule has 3 aliphatic heterocycles. The number of benzene rings is 1. The van der Waals surface area contributed by atoms with Gasteiger partial charge in [0.25, 0.3) is 0 Å². The molecule has 7 heteroatoms. The van der Waals surface area contributed by atoms with E-state index in [0.717, 1.165) is 24.1 Å². The molecule has 0 spiro atoms. The van der Waals surface area contributed by atoms with Crippen LogP contribution in [0.2, 0.25) is 5.02 Å². The van der Waals surface area contributed by atoms with Crippen LogP contribution in [0.3, 0.4) is 0 Å². The molecule has 3 N–H and O–H groups in total. The van der Waals surface area contributed by atoms with Crippen molar-refractivity contribution in [3.63, 3.8) is 0 Å². The normalized spacial score (nSPS) is 25.7. The summed E-state index contributed by atoms with van der Waals surface area (Å²) in [5.41, 5.74) is 7.38. The number of fused-ring (bicyclic) bond motifs is 1. The van der Waals surface area contributed by atoms with Crippen molar-refractivity contribution in [3.05, 3.63) is 28.8 Å². The highest BCUT2D eigenvalue weighted by Crippen LogP contribution is 2.42. The maximum Gasteiger partial charge on any atom is 0.242 e. The van der Waals surface area contributed by atoms with Gasteiger partial charge in [0, 0.05) is 37.0 Å². The molecular formula is C19H24ClN3O3. The van der Waals surface area contributed by atoms with Crippen molar-refractivity contribution in [1.82, 2.24) is 4.90 Å². The summed E-state index contributed by atoms with van der Waals surface area (Å²) in [5.74, 6) is 0.133. The van der Waals surface area contributed by atoms with E-state index in [1.807, 2.05) is 17.0 Å². The summed E-state index contributed by atoms with van der Waals surface area (Å²) >= 11 is 6.03. The van der Waals surface area contributed by atoms with Crippen LogP contribution in [0, 0.1) is 5.92 Å². The summed E-state index contributed by atoms with van der Waals surface area (Å²) in [6, 6.07) is 5.57. The number of hydrogen-bond acceptors (Lipinski definition) is 4. The maximum atomic E-state index is 12.9. The highest BCUT2D eigenvalue weighted by atomic mass is 35.5. The van der Waals surface area contributed by atoms with Crippen LogP contribution in [0.1, 0.15) is 37.2 Å². The van der Waals surface area contributed by atoms with E-state index >= 15 is 0 Å². The average molecular weight is 378 g/mol. The molecule has 6 nitrogen and oxygen atoms in total. The third-order valence-electron chi connectivity index (χ3n) is 6.00. The lowest BCUT2D eigenvalue weighted by Crippen LogP contribution is -2.59. The zero-order valence-corrected chi connectivity index (χ0v) is 15.4. The first-order valence-corrected chi connectivity index (χ1v) is 9.62. The van der Waals surface area contributed by atoms with E-state index in [1.165, 1.54) is 0 Å². The summed E-state index contributed by atoms with van der Waals surface area (Å²) < 4.78 is 5.34. The lowest BCUT2D eigenvalue weighted by molar-refractivity contribution is -0.142. The van der Waals surface area contributed by atoms with Gasteiger partial charge in [0.2, 0.25) is 11.8 Å². The predicted molar refractivity (Wildman–Crippen MR) is 99.1 cm³/mol. The highest BCUT2D eigenvalue weighted by molar-refractivity contribution is 6.31. The van der Waals surface area contributed by atoms with Crippen LogP contribution >= 0.6 is 11.6 Å². The molecule has 1 atom stereocenters.